The summed E-state index contributed by atoms with van der Waals surface area (Å²) in [7, 11) is 1.60. The third kappa shape index (κ3) is 4.53. The molecule has 1 amide bonds. The van der Waals surface area contributed by atoms with Crippen LogP contribution in [0.15, 0.2) is 28.8 Å². The SMILES string of the molecule is CCC(CC)(CN)C(=O)NC(C)c1nc(-c2cccc(OC)c2)no1.Cl. The minimum atomic E-state index is -0.566. The molecular weight excluding hydrogens is 356 g/mol. The number of carbonyl (C=O) groups excluding carboxylic acids is 1. The van der Waals surface area contributed by atoms with Crippen molar-refractivity contribution in [1.29, 1.82) is 0 Å². The van der Waals surface area contributed by atoms with Gasteiger partial charge in [0.25, 0.3) is 0 Å². The predicted molar refractivity (Wildman–Crippen MR) is 102 cm³/mol. The van der Waals surface area contributed by atoms with Gasteiger partial charge in [-0.1, -0.05) is 31.1 Å². The van der Waals surface area contributed by atoms with Gasteiger partial charge >= 0.3 is 0 Å². The molecule has 0 aliphatic heterocycles. The maximum absolute atomic E-state index is 12.6. The number of ether oxygens (including phenoxy) is 1. The summed E-state index contributed by atoms with van der Waals surface area (Å²) in [5.74, 6) is 1.42. The fraction of sp³-hybridized carbons (Fsp3) is 0.500. The molecule has 1 heterocycles. The van der Waals surface area contributed by atoms with Gasteiger partial charge in [-0.3, -0.25) is 4.79 Å². The highest BCUT2D eigenvalue weighted by atomic mass is 35.5. The molecule has 0 bridgehead atoms. The lowest BCUT2D eigenvalue weighted by atomic mass is 9.81. The largest absolute Gasteiger partial charge is 0.497 e. The van der Waals surface area contributed by atoms with E-state index in [-0.39, 0.29) is 18.3 Å². The summed E-state index contributed by atoms with van der Waals surface area (Å²) in [6.45, 7) is 6.05. The summed E-state index contributed by atoms with van der Waals surface area (Å²) >= 11 is 0. The molecule has 26 heavy (non-hydrogen) atoms. The Morgan fingerprint density at radius 1 is 1.38 bits per heavy atom. The van der Waals surface area contributed by atoms with Crippen molar-refractivity contribution in [2.24, 2.45) is 11.1 Å². The van der Waals surface area contributed by atoms with E-state index in [0.717, 1.165) is 5.56 Å². The van der Waals surface area contributed by atoms with E-state index >= 15 is 0 Å². The van der Waals surface area contributed by atoms with Crippen molar-refractivity contribution in [3.05, 3.63) is 30.2 Å². The van der Waals surface area contributed by atoms with Gasteiger partial charge in [0.05, 0.1) is 12.5 Å². The zero-order valence-corrected chi connectivity index (χ0v) is 16.4. The lowest BCUT2D eigenvalue weighted by Gasteiger charge is -2.29. The van der Waals surface area contributed by atoms with Gasteiger partial charge in [-0.05, 0) is 31.9 Å². The lowest BCUT2D eigenvalue weighted by molar-refractivity contribution is -0.131. The number of halogens is 1. The van der Waals surface area contributed by atoms with Crippen LogP contribution in [0.4, 0.5) is 0 Å². The molecule has 2 aromatic rings. The zero-order valence-electron chi connectivity index (χ0n) is 15.6. The molecule has 0 fully saturated rings. The van der Waals surface area contributed by atoms with Gasteiger partial charge in [0.2, 0.25) is 17.6 Å². The minimum absolute atomic E-state index is 0. The van der Waals surface area contributed by atoms with Crippen molar-refractivity contribution in [3.8, 4) is 17.1 Å². The van der Waals surface area contributed by atoms with Gasteiger partial charge < -0.3 is 20.3 Å². The molecule has 2 rings (SSSR count). The number of hydrogen-bond acceptors (Lipinski definition) is 6. The van der Waals surface area contributed by atoms with Crippen molar-refractivity contribution < 1.29 is 14.1 Å². The molecule has 1 unspecified atom stereocenters. The normalized spacial score (nSPS) is 12.2. The molecule has 0 spiro atoms. The van der Waals surface area contributed by atoms with Crippen LogP contribution in [0.25, 0.3) is 11.4 Å². The Morgan fingerprint density at radius 3 is 2.65 bits per heavy atom. The first kappa shape index (κ1) is 21.9. The van der Waals surface area contributed by atoms with E-state index in [2.05, 4.69) is 15.5 Å². The molecule has 0 saturated heterocycles. The number of amides is 1. The van der Waals surface area contributed by atoms with E-state index in [4.69, 9.17) is 15.0 Å². The summed E-state index contributed by atoms with van der Waals surface area (Å²) < 4.78 is 10.5. The van der Waals surface area contributed by atoms with Crippen LogP contribution in [0.3, 0.4) is 0 Å². The van der Waals surface area contributed by atoms with Gasteiger partial charge in [-0.25, -0.2) is 0 Å². The van der Waals surface area contributed by atoms with E-state index in [1.807, 2.05) is 45.0 Å². The van der Waals surface area contributed by atoms with E-state index < -0.39 is 11.5 Å². The van der Waals surface area contributed by atoms with Crippen LogP contribution in [0.5, 0.6) is 5.75 Å². The topological polar surface area (TPSA) is 103 Å². The Morgan fingerprint density at radius 2 is 2.08 bits per heavy atom. The van der Waals surface area contributed by atoms with Crippen LogP contribution in [0, 0.1) is 5.41 Å². The predicted octanol–water partition coefficient (Wildman–Crippen LogP) is 3.11. The average Bonchev–Trinajstić information content (AvgIpc) is 3.14. The van der Waals surface area contributed by atoms with Crippen LogP contribution in [-0.4, -0.2) is 29.7 Å². The van der Waals surface area contributed by atoms with E-state index in [9.17, 15) is 4.79 Å². The molecule has 1 aromatic heterocycles. The summed E-state index contributed by atoms with van der Waals surface area (Å²) in [6, 6.07) is 6.99. The van der Waals surface area contributed by atoms with Crippen LogP contribution < -0.4 is 15.8 Å². The highest BCUT2D eigenvalue weighted by Gasteiger charge is 2.34. The molecule has 144 valence electrons. The Bertz CT molecular complexity index is 708. The number of hydrogen-bond donors (Lipinski definition) is 2. The highest BCUT2D eigenvalue weighted by Crippen LogP contribution is 2.27. The molecule has 7 nitrogen and oxygen atoms in total. The zero-order chi connectivity index (χ0) is 18.4. The number of rotatable bonds is 8. The molecule has 3 N–H and O–H groups in total. The molecule has 1 aromatic carbocycles. The summed E-state index contributed by atoms with van der Waals surface area (Å²) in [5, 5.41) is 6.93. The number of nitrogens with two attached hydrogens (primary N) is 1. The third-order valence-corrected chi connectivity index (χ3v) is 4.71. The van der Waals surface area contributed by atoms with Crippen LogP contribution >= 0.6 is 12.4 Å². The van der Waals surface area contributed by atoms with Crippen LogP contribution in [-0.2, 0) is 4.79 Å². The van der Waals surface area contributed by atoms with Gasteiger partial charge in [-0.15, -0.1) is 12.4 Å². The van der Waals surface area contributed by atoms with Gasteiger partial charge in [-0.2, -0.15) is 4.98 Å². The second-order valence-electron chi connectivity index (χ2n) is 6.07. The van der Waals surface area contributed by atoms with Crippen LogP contribution in [0.1, 0.15) is 45.5 Å². The molecule has 0 aliphatic rings. The Labute approximate surface area is 160 Å². The summed E-state index contributed by atoms with van der Waals surface area (Å²) in [6.07, 6.45) is 1.36. The molecular formula is C18H27ClN4O3. The third-order valence-electron chi connectivity index (χ3n) is 4.71. The number of nitrogens with one attached hydrogen (secondary N) is 1. The van der Waals surface area contributed by atoms with Crippen molar-refractivity contribution in [3.63, 3.8) is 0 Å². The molecule has 1 atom stereocenters. The Hall–Kier alpha value is -2.12. The highest BCUT2D eigenvalue weighted by molar-refractivity contribution is 5.85. The number of aromatic nitrogens is 2. The minimum Gasteiger partial charge on any atom is -0.497 e. The molecule has 0 aliphatic carbocycles. The average molecular weight is 383 g/mol. The quantitative estimate of drug-likeness (QED) is 0.727. The second kappa shape index (κ2) is 9.54. The monoisotopic (exact) mass is 382 g/mol. The van der Waals surface area contributed by atoms with Crippen molar-refractivity contribution in [1.82, 2.24) is 15.5 Å². The number of methoxy groups -OCH3 is 1. The first-order valence-corrected chi connectivity index (χ1v) is 8.48. The van der Waals surface area contributed by atoms with E-state index in [1.54, 1.807) is 7.11 Å². The fourth-order valence-corrected chi connectivity index (χ4v) is 2.65. The van der Waals surface area contributed by atoms with Crippen molar-refractivity contribution in [2.45, 2.75) is 39.7 Å². The van der Waals surface area contributed by atoms with Gasteiger partial charge in [0.15, 0.2) is 0 Å². The Balaban J connectivity index is 0.00000338. The Kier molecular flexibility index (Phi) is 8.05. The lowest BCUT2D eigenvalue weighted by Crippen LogP contribution is -2.46. The molecule has 0 saturated carbocycles. The first-order chi connectivity index (χ1) is 12.0. The smallest absolute Gasteiger partial charge is 0.249 e. The van der Waals surface area contributed by atoms with E-state index in [0.29, 0.717) is 36.9 Å². The second-order valence-corrected chi connectivity index (χ2v) is 6.07. The van der Waals surface area contributed by atoms with Gasteiger partial charge in [0.1, 0.15) is 11.8 Å². The maximum atomic E-state index is 12.6. The summed E-state index contributed by atoms with van der Waals surface area (Å²) in [5.41, 5.74) is 6.05. The van der Waals surface area contributed by atoms with E-state index in [1.165, 1.54) is 0 Å². The first-order valence-electron chi connectivity index (χ1n) is 8.48. The van der Waals surface area contributed by atoms with Crippen LogP contribution in [0.2, 0.25) is 0 Å². The van der Waals surface area contributed by atoms with Crippen molar-refractivity contribution in [2.75, 3.05) is 13.7 Å². The fourth-order valence-electron chi connectivity index (χ4n) is 2.65. The summed E-state index contributed by atoms with van der Waals surface area (Å²) in [4.78, 5) is 17.0. The maximum Gasteiger partial charge on any atom is 0.249 e. The van der Waals surface area contributed by atoms with Gasteiger partial charge in [0, 0.05) is 12.1 Å². The molecule has 8 heteroatoms. The van der Waals surface area contributed by atoms with Crippen molar-refractivity contribution >= 4 is 18.3 Å². The number of benzene rings is 1. The number of nitrogens with zero attached hydrogens (tertiary/aromatic N) is 2. The standard InChI is InChI=1S/C18H26N4O3.ClH/c1-5-18(6-2,11-19)17(23)20-12(3)16-21-15(22-25-16)13-8-7-9-14(10-13)24-4;/h7-10,12H,5-6,11,19H2,1-4H3,(H,20,23);1H. The molecule has 0 radical (unpaired) electrons. The number of carbonyl (C=O) groups is 1.